The molecule has 2 rings (SSSR count). The number of hydrogen-bond acceptors (Lipinski definition) is 5. The Morgan fingerprint density at radius 2 is 1.87 bits per heavy atom. The zero-order chi connectivity index (χ0) is 23.0. The molecule has 0 aromatic heterocycles. The van der Waals surface area contributed by atoms with Crippen molar-refractivity contribution in [2.45, 2.75) is 59.2 Å². The van der Waals surface area contributed by atoms with E-state index in [1.54, 1.807) is 11.9 Å². The van der Waals surface area contributed by atoms with Crippen LogP contribution in [-0.4, -0.2) is 104 Å². The number of nitrogens with zero attached hydrogens (tertiary/aromatic N) is 4. The molecule has 2 amide bonds. The number of nitrogens with one attached hydrogen (secondary N) is 1. The first-order valence-corrected chi connectivity index (χ1v) is 11.5. The molecule has 0 bridgehead atoms. The molecule has 178 valence electrons. The zero-order valence-electron chi connectivity index (χ0n) is 20.1. The third-order valence-corrected chi connectivity index (χ3v) is 5.27. The van der Waals surface area contributed by atoms with Crippen molar-refractivity contribution in [3.8, 4) is 0 Å². The minimum absolute atomic E-state index is 0.123. The number of piperazine rings is 1. The third kappa shape index (κ3) is 8.20. The standard InChI is InChI=1S/C22H41N5O4/c1-7-23-20(24-15-17(2)16-25(6)21(29)31-22(3,4)5)27-12-10-26(11-13-27)19(28)18-9-8-14-30-18/h17-18H,7-16H2,1-6H3,(H,23,24). The van der Waals surface area contributed by atoms with E-state index in [0.29, 0.717) is 32.8 Å². The summed E-state index contributed by atoms with van der Waals surface area (Å²) < 4.78 is 11.0. The van der Waals surface area contributed by atoms with Gasteiger partial charge >= 0.3 is 6.09 Å². The summed E-state index contributed by atoms with van der Waals surface area (Å²) in [4.78, 5) is 35.2. The van der Waals surface area contributed by atoms with Crippen molar-refractivity contribution in [1.82, 2.24) is 20.0 Å². The number of carbonyl (C=O) groups excluding carboxylic acids is 2. The van der Waals surface area contributed by atoms with Crippen molar-refractivity contribution in [3.63, 3.8) is 0 Å². The number of rotatable bonds is 6. The maximum atomic E-state index is 12.6. The number of aliphatic imine (C=N–C) groups is 1. The summed E-state index contributed by atoms with van der Waals surface area (Å²) in [6.45, 7) is 15.2. The van der Waals surface area contributed by atoms with Crippen LogP contribution in [-0.2, 0) is 14.3 Å². The Hall–Kier alpha value is -2.03. The highest BCUT2D eigenvalue weighted by atomic mass is 16.6. The Balaban J connectivity index is 1.84. The zero-order valence-corrected chi connectivity index (χ0v) is 20.1. The van der Waals surface area contributed by atoms with E-state index in [-0.39, 0.29) is 24.0 Å². The normalized spacial score (nSPS) is 21.1. The van der Waals surface area contributed by atoms with Gasteiger partial charge in [-0.3, -0.25) is 9.79 Å². The summed E-state index contributed by atoms with van der Waals surface area (Å²) in [5, 5.41) is 3.36. The Morgan fingerprint density at radius 3 is 2.42 bits per heavy atom. The molecule has 2 fully saturated rings. The van der Waals surface area contributed by atoms with E-state index >= 15 is 0 Å². The predicted octanol–water partition coefficient (Wildman–Crippen LogP) is 1.78. The molecule has 2 aliphatic heterocycles. The first-order chi connectivity index (χ1) is 14.6. The molecule has 2 atom stereocenters. The summed E-state index contributed by atoms with van der Waals surface area (Å²) >= 11 is 0. The lowest BCUT2D eigenvalue weighted by atomic mass is 10.2. The molecule has 2 saturated heterocycles. The Bertz CT molecular complexity index is 620. The number of amides is 2. The number of ether oxygens (including phenoxy) is 2. The Labute approximate surface area is 187 Å². The Morgan fingerprint density at radius 1 is 1.23 bits per heavy atom. The van der Waals surface area contributed by atoms with Gasteiger partial charge in [-0.2, -0.15) is 0 Å². The fraction of sp³-hybridized carbons (Fsp3) is 0.864. The molecular weight excluding hydrogens is 398 g/mol. The van der Waals surface area contributed by atoms with Gasteiger partial charge in [0, 0.05) is 59.5 Å². The van der Waals surface area contributed by atoms with Gasteiger partial charge in [-0.25, -0.2) is 4.79 Å². The van der Waals surface area contributed by atoms with E-state index in [4.69, 9.17) is 14.5 Å². The van der Waals surface area contributed by atoms with Gasteiger partial charge in [-0.1, -0.05) is 6.92 Å². The molecule has 9 nitrogen and oxygen atoms in total. The van der Waals surface area contributed by atoms with Crippen molar-refractivity contribution >= 4 is 18.0 Å². The second-order valence-corrected chi connectivity index (χ2v) is 9.47. The molecule has 0 saturated carbocycles. The van der Waals surface area contributed by atoms with Gasteiger partial charge in [0.2, 0.25) is 0 Å². The van der Waals surface area contributed by atoms with Crippen LogP contribution in [0.3, 0.4) is 0 Å². The number of guanidine groups is 1. The predicted molar refractivity (Wildman–Crippen MR) is 121 cm³/mol. The van der Waals surface area contributed by atoms with Gasteiger partial charge < -0.3 is 29.5 Å². The summed E-state index contributed by atoms with van der Waals surface area (Å²) in [5.41, 5.74) is -0.502. The van der Waals surface area contributed by atoms with Crippen LogP contribution in [0.4, 0.5) is 4.79 Å². The number of hydrogen-bond donors (Lipinski definition) is 1. The molecule has 0 aliphatic carbocycles. The molecule has 31 heavy (non-hydrogen) atoms. The molecule has 9 heteroatoms. The Kier molecular flexibility index (Phi) is 9.40. The fourth-order valence-corrected chi connectivity index (χ4v) is 3.72. The van der Waals surface area contributed by atoms with Crippen LogP contribution >= 0.6 is 0 Å². The lowest BCUT2D eigenvalue weighted by molar-refractivity contribution is -0.142. The van der Waals surface area contributed by atoms with E-state index in [1.807, 2.05) is 32.6 Å². The van der Waals surface area contributed by atoms with Crippen LogP contribution in [0.5, 0.6) is 0 Å². The first kappa shape index (κ1) is 25.2. The lowest BCUT2D eigenvalue weighted by Crippen LogP contribution is -2.55. The molecule has 0 spiro atoms. The van der Waals surface area contributed by atoms with E-state index in [1.165, 1.54) is 0 Å². The van der Waals surface area contributed by atoms with Crippen molar-refractivity contribution in [3.05, 3.63) is 0 Å². The fourth-order valence-electron chi connectivity index (χ4n) is 3.72. The van der Waals surface area contributed by atoms with Crippen LogP contribution < -0.4 is 5.32 Å². The smallest absolute Gasteiger partial charge is 0.410 e. The van der Waals surface area contributed by atoms with Gasteiger partial charge in [-0.05, 0) is 46.5 Å². The highest BCUT2D eigenvalue weighted by Gasteiger charge is 2.31. The van der Waals surface area contributed by atoms with E-state index in [2.05, 4.69) is 17.1 Å². The topological polar surface area (TPSA) is 86.7 Å². The van der Waals surface area contributed by atoms with Crippen molar-refractivity contribution in [2.24, 2.45) is 10.9 Å². The summed E-state index contributed by atoms with van der Waals surface area (Å²) in [6.07, 6.45) is 1.23. The van der Waals surface area contributed by atoms with Crippen LogP contribution in [0.15, 0.2) is 4.99 Å². The molecule has 2 aliphatic rings. The average molecular weight is 440 g/mol. The quantitative estimate of drug-likeness (QED) is 0.502. The lowest BCUT2D eigenvalue weighted by Gasteiger charge is -2.37. The molecular formula is C22H41N5O4. The van der Waals surface area contributed by atoms with Crippen LogP contribution in [0.2, 0.25) is 0 Å². The van der Waals surface area contributed by atoms with Gasteiger partial charge in [0.05, 0.1) is 0 Å². The van der Waals surface area contributed by atoms with Gasteiger partial charge in [0.15, 0.2) is 5.96 Å². The minimum atomic E-state index is -0.502. The summed E-state index contributed by atoms with van der Waals surface area (Å²) in [7, 11) is 1.75. The SMILES string of the molecule is CCNC(=NCC(C)CN(C)C(=O)OC(C)(C)C)N1CCN(C(=O)C2CCCO2)CC1. The molecule has 0 aromatic carbocycles. The van der Waals surface area contributed by atoms with Crippen molar-refractivity contribution in [2.75, 3.05) is 59.5 Å². The minimum Gasteiger partial charge on any atom is -0.444 e. The van der Waals surface area contributed by atoms with Gasteiger partial charge in [0.1, 0.15) is 11.7 Å². The monoisotopic (exact) mass is 439 g/mol. The van der Waals surface area contributed by atoms with E-state index < -0.39 is 5.60 Å². The molecule has 2 heterocycles. The van der Waals surface area contributed by atoms with Crippen molar-refractivity contribution < 1.29 is 19.1 Å². The highest BCUT2D eigenvalue weighted by Crippen LogP contribution is 2.16. The summed E-state index contributed by atoms with van der Waals surface area (Å²) in [5.74, 6) is 1.17. The van der Waals surface area contributed by atoms with Gasteiger partial charge in [0.25, 0.3) is 5.91 Å². The third-order valence-electron chi connectivity index (χ3n) is 5.27. The van der Waals surface area contributed by atoms with Crippen molar-refractivity contribution in [1.29, 1.82) is 0 Å². The highest BCUT2D eigenvalue weighted by molar-refractivity contribution is 5.82. The summed E-state index contributed by atoms with van der Waals surface area (Å²) in [6, 6.07) is 0. The molecule has 0 radical (unpaired) electrons. The number of carbonyl (C=O) groups is 2. The van der Waals surface area contributed by atoms with Gasteiger partial charge in [-0.15, -0.1) is 0 Å². The van der Waals surface area contributed by atoms with E-state index in [0.717, 1.165) is 38.4 Å². The second-order valence-electron chi connectivity index (χ2n) is 9.47. The van der Waals surface area contributed by atoms with Crippen LogP contribution in [0.1, 0.15) is 47.5 Å². The largest absolute Gasteiger partial charge is 0.444 e. The maximum absolute atomic E-state index is 12.6. The molecule has 0 aromatic rings. The first-order valence-electron chi connectivity index (χ1n) is 11.5. The molecule has 1 N–H and O–H groups in total. The second kappa shape index (κ2) is 11.5. The average Bonchev–Trinajstić information content (AvgIpc) is 3.24. The van der Waals surface area contributed by atoms with E-state index in [9.17, 15) is 9.59 Å². The molecule has 2 unspecified atom stereocenters. The maximum Gasteiger partial charge on any atom is 0.410 e. The van der Waals surface area contributed by atoms with Crippen LogP contribution in [0, 0.1) is 5.92 Å². The van der Waals surface area contributed by atoms with Crippen LogP contribution in [0.25, 0.3) is 0 Å².